The van der Waals surface area contributed by atoms with Crippen LogP contribution in [0.25, 0.3) is 0 Å². The Morgan fingerprint density at radius 3 is 2.67 bits per heavy atom. The van der Waals surface area contributed by atoms with Gasteiger partial charge in [-0.1, -0.05) is 6.92 Å². The van der Waals surface area contributed by atoms with Gasteiger partial charge < -0.3 is 10.8 Å². The Balaban J connectivity index is 2.51. The van der Waals surface area contributed by atoms with Crippen molar-refractivity contribution in [2.24, 2.45) is 11.7 Å². The number of rotatable bonds is 4. The molecule has 1 aliphatic heterocycles. The van der Waals surface area contributed by atoms with Gasteiger partial charge in [-0.3, -0.25) is 4.90 Å². The van der Waals surface area contributed by atoms with Gasteiger partial charge in [-0.2, -0.15) is 0 Å². The van der Waals surface area contributed by atoms with Gasteiger partial charge in [0.1, 0.15) is 0 Å². The van der Waals surface area contributed by atoms with Crippen LogP contribution in [-0.4, -0.2) is 41.3 Å². The van der Waals surface area contributed by atoms with Crippen molar-refractivity contribution in [2.45, 2.75) is 51.7 Å². The van der Waals surface area contributed by atoms with Gasteiger partial charge in [-0.25, -0.2) is 0 Å². The first-order valence-corrected chi connectivity index (χ1v) is 6.15. The molecule has 1 heterocycles. The van der Waals surface area contributed by atoms with Crippen LogP contribution in [0.2, 0.25) is 0 Å². The number of nitrogens with zero attached hydrogens (tertiary/aromatic N) is 1. The van der Waals surface area contributed by atoms with E-state index in [1.807, 2.05) is 13.8 Å². The molecule has 0 saturated carbocycles. The van der Waals surface area contributed by atoms with Crippen molar-refractivity contribution in [3.63, 3.8) is 0 Å². The second-order valence-electron chi connectivity index (χ2n) is 5.31. The minimum atomic E-state index is -0.551. The highest BCUT2D eigenvalue weighted by Crippen LogP contribution is 2.23. The Bertz CT molecular complexity index is 194. The molecule has 1 saturated heterocycles. The fourth-order valence-electron chi connectivity index (χ4n) is 2.22. The largest absolute Gasteiger partial charge is 0.389 e. The summed E-state index contributed by atoms with van der Waals surface area (Å²) in [7, 11) is 0. The van der Waals surface area contributed by atoms with Gasteiger partial charge in [-0.05, 0) is 45.6 Å². The summed E-state index contributed by atoms with van der Waals surface area (Å²) in [6.07, 6.45) is 3.26. The first kappa shape index (κ1) is 12.9. The van der Waals surface area contributed by atoms with Crippen LogP contribution in [0.3, 0.4) is 0 Å². The second kappa shape index (κ2) is 5.28. The van der Waals surface area contributed by atoms with Crippen molar-refractivity contribution < 1.29 is 5.11 Å². The zero-order chi connectivity index (χ0) is 11.5. The maximum absolute atomic E-state index is 10.1. The van der Waals surface area contributed by atoms with Crippen LogP contribution in [0.15, 0.2) is 0 Å². The Kier molecular flexibility index (Phi) is 4.56. The lowest BCUT2D eigenvalue weighted by molar-refractivity contribution is -0.0115. The van der Waals surface area contributed by atoms with Crippen LogP contribution in [0.4, 0.5) is 0 Å². The first-order chi connectivity index (χ1) is 6.98. The smallest absolute Gasteiger partial charge is 0.0743 e. The minimum absolute atomic E-state index is 0.551. The topological polar surface area (TPSA) is 49.5 Å². The third-order valence-electron chi connectivity index (χ3n) is 3.75. The summed E-state index contributed by atoms with van der Waals surface area (Å²) in [4.78, 5) is 2.39. The quantitative estimate of drug-likeness (QED) is 0.739. The molecule has 1 aliphatic rings. The fraction of sp³-hybridized carbons (Fsp3) is 1.00. The summed E-state index contributed by atoms with van der Waals surface area (Å²) in [6, 6.07) is 0.589. The maximum atomic E-state index is 10.1. The highest BCUT2D eigenvalue weighted by atomic mass is 16.3. The normalized spacial score (nSPS) is 32.6. The molecule has 0 spiro atoms. The Morgan fingerprint density at radius 2 is 2.13 bits per heavy atom. The van der Waals surface area contributed by atoms with Crippen LogP contribution in [0, 0.1) is 5.92 Å². The average Bonchev–Trinajstić information content (AvgIpc) is 2.21. The molecule has 0 bridgehead atoms. The second-order valence-corrected chi connectivity index (χ2v) is 5.31. The molecule has 15 heavy (non-hydrogen) atoms. The van der Waals surface area contributed by atoms with E-state index in [1.54, 1.807) is 0 Å². The van der Waals surface area contributed by atoms with Gasteiger partial charge in [-0.15, -0.1) is 0 Å². The van der Waals surface area contributed by atoms with Crippen LogP contribution in [-0.2, 0) is 0 Å². The summed E-state index contributed by atoms with van der Waals surface area (Å²) in [5.74, 6) is 0.619. The fourth-order valence-corrected chi connectivity index (χ4v) is 2.22. The summed E-state index contributed by atoms with van der Waals surface area (Å²) < 4.78 is 0. The number of hydrogen-bond donors (Lipinski definition) is 2. The lowest BCUT2D eigenvalue weighted by Gasteiger charge is -2.41. The van der Waals surface area contributed by atoms with E-state index in [9.17, 15) is 5.11 Å². The lowest BCUT2D eigenvalue weighted by atomic mass is 9.91. The van der Waals surface area contributed by atoms with E-state index in [0.29, 0.717) is 12.0 Å². The highest BCUT2D eigenvalue weighted by Gasteiger charge is 2.29. The molecular formula is C12H26N2O. The molecule has 3 N–H and O–H groups in total. The molecular weight excluding hydrogens is 188 g/mol. The maximum Gasteiger partial charge on any atom is 0.0743 e. The van der Waals surface area contributed by atoms with Crippen LogP contribution >= 0.6 is 0 Å². The molecule has 0 aliphatic carbocycles. The molecule has 1 rings (SSSR count). The third-order valence-corrected chi connectivity index (χ3v) is 3.75. The lowest BCUT2D eigenvalue weighted by Crippen LogP contribution is -2.50. The zero-order valence-electron chi connectivity index (χ0n) is 10.4. The third kappa shape index (κ3) is 3.74. The van der Waals surface area contributed by atoms with Gasteiger partial charge in [0, 0.05) is 19.1 Å². The molecule has 3 nitrogen and oxygen atoms in total. The van der Waals surface area contributed by atoms with E-state index >= 15 is 0 Å². The van der Waals surface area contributed by atoms with E-state index in [-0.39, 0.29) is 0 Å². The minimum Gasteiger partial charge on any atom is -0.389 e. The molecule has 0 radical (unpaired) electrons. The van der Waals surface area contributed by atoms with Gasteiger partial charge in [0.25, 0.3) is 0 Å². The molecule has 3 unspecified atom stereocenters. The predicted molar refractivity (Wildman–Crippen MR) is 63.7 cm³/mol. The van der Waals surface area contributed by atoms with Crippen LogP contribution in [0.5, 0.6) is 0 Å². The van der Waals surface area contributed by atoms with Crippen molar-refractivity contribution in [1.82, 2.24) is 4.90 Å². The molecule has 0 aromatic heterocycles. The zero-order valence-corrected chi connectivity index (χ0v) is 10.4. The average molecular weight is 214 g/mol. The summed E-state index contributed by atoms with van der Waals surface area (Å²) in [5, 5.41) is 10.1. The molecule has 3 atom stereocenters. The van der Waals surface area contributed by atoms with Gasteiger partial charge in [0.15, 0.2) is 0 Å². The van der Waals surface area contributed by atoms with Gasteiger partial charge >= 0.3 is 0 Å². The summed E-state index contributed by atoms with van der Waals surface area (Å²) in [6.45, 7) is 8.81. The van der Waals surface area contributed by atoms with Crippen molar-refractivity contribution in [3.05, 3.63) is 0 Å². The van der Waals surface area contributed by atoms with Crippen LogP contribution < -0.4 is 5.73 Å². The van der Waals surface area contributed by atoms with Crippen molar-refractivity contribution in [1.29, 1.82) is 0 Å². The van der Waals surface area contributed by atoms with Crippen molar-refractivity contribution >= 4 is 0 Å². The molecule has 0 aromatic rings. The van der Waals surface area contributed by atoms with E-state index in [2.05, 4.69) is 11.8 Å². The van der Waals surface area contributed by atoms with E-state index in [0.717, 1.165) is 26.1 Å². The van der Waals surface area contributed by atoms with Crippen LogP contribution in [0.1, 0.15) is 40.0 Å². The molecule has 0 aromatic carbocycles. The number of likely N-dealkylation sites (tertiary alicyclic amines) is 1. The molecule has 3 heteroatoms. The highest BCUT2D eigenvalue weighted by molar-refractivity contribution is 4.84. The number of piperidine rings is 1. The van der Waals surface area contributed by atoms with Crippen molar-refractivity contribution in [2.75, 3.05) is 19.6 Å². The van der Waals surface area contributed by atoms with E-state index in [1.165, 1.54) is 12.8 Å². The molecule has 90 valence electrons. The SMILES string of the molecule is CCC(C)(O)CN1CC(CN)CCC1C. The first-order valence-electron chi connectivity index (χ1n) is 6.15. The molecule has 1 fully saturated rings. The number of hydrogen-bond acceptors (Lipinski definition) is 3. The monoisotopic (exact) mass is 214 g/mol. The number of aliphatic hydroxyl groups is 1. The standard InChI is InChI=1S/C12H26N2O/c1-4-12(3,15)9-14-8-11(7-13)6-5-10(14)2/h10-11,15H,4-9,13H2,1-3H3. The van der Waals surface area contributed by atoms with Gasteiger partial charge in [0.05, 0.1) is 5.60 Å². The Morgan fingerprint density at radius 1 is 1.47 bits per heavy atom. The summed E-state index contributed by atoms with van der Waals surface area (Å²) in [5.41, 5.74) is 5.17. The molecule has 0 amide bonds. The number of β-amino-alcohol motifs (C(OH)–C–C–N with tert-alkyl or cyclic N) is 1. The Labute approximate surface area is 93.6 Å². The van der Waals surface area contributed by atoms with E-state index in [4.69, 9.17) is 5.73 Å². The number of nitrogens with two attached hydrogens (primary N) is 1. The Hall–Kier alpha value is -0.120. The van der Waals surface area contributed by atoms with Gasteiger partial charge in [0.2, 0.25) is 0 Å². The predicted octanol–water partition coefficient (Wildman–Crippen LogP) is 1.21. The van der Waals surface area contributed by atoms with Crippen molar-refractivity contribution in [3.8, 4) is 0 Å². The summed E-state index contributed by atoms with van der Waals surface area (Å²) >= 11 is 0. The van der Waals surface area contributed by atoms with E-state index < -0.39 is 5.60 Å².